The summed E-state index contributed by atoms with van der Waals surface area (Å²) in [7, 11) is -6.42. The van der Waals surface area contributed by atoms with Crippen molar-refractivity contribution in [2.45, 2.75) is 24.3 Å². The van der Waals surface area contributed by atoms with Crippen molar-refractivity contribution in [3.05, 3.63) is 24.3 Å². The third-order valence-electron chi connectivity index (χ3n) is 4.95. The SMILES string of the molecule is CCOc1ccc(S(=O)(=O)N2CC[NH+]([C@H]3CCS(=O)(=O)C3)CC2)cc1. The normalized spacial score (nSPS) is 25.1. The third kappa shape index (κ3) is 4.16. The first-order chi connectivity index (χ1) is 11.8. The Morgan fingerprint density at radius 2 is 1.84 bits per heavy atom. The van der Waals surface area contributed by atoms with Crippen LogP contribution in [0.3, 0.4) is 0 Å². The Labute approximate surface area is 149 Å². The second kappa shape index (κ2) is 7.22. The summed E-state index contributed by atoms with van der Waals surface area (Å²) >= 11 is 0. The zero-order chi connectivity index (χ0) is 18.1. The number of rotatable bonds is 5. The minimum Gasteiger partial charge on any atom is -0.494 e. The van der Waals surface area contributed by atoms with Gasteiger partial charge in [0, 0.05) is 6.42 Å². The van der Waals surface area contributed by atoms with E-state index in [1.807, 2.05) is 6.92 Å². The number of benzene rings is 1. The summed E-state index contributed by atoms with van der Waals surface area (Å²) in [4.78, 5) is 1.47. The molecule has 140 valence electrons. The van der Waals surface area contributed by atoms with E-state index in [9.17, 15) is 16.8 Å². The van der Waals surface area contributed by atoms with Crippen molar-refractivity contribution in [2.75, 3.05) is 44.3 Å². The topological polar surface area (TPSA) is 85.2 Å². The molecule has 2 heterocycles. The van der Waals surface area contributed by atoms with Gasteiger partial charge in [0.1, 0.15) is 17.5 Å². The number of sulfonamides is 1. The molecule has 25 heavy (non-hydrogen) atoms. The van der Waals surface area contributed by atoms with Crippen LogP contribution in [0.5, 0.6) is 5.75 Å². The lowest BCUT2D eigenvalue weighted by Gasteiger charge is -2.34. The monoisotopic (exact) mass is 389 g/mol. The molecule has 3 rings (SSSR count). The molecule has 0 spiro atoms. The number of ether oxygens (including phenoxy) is 1. The second-order valence-corrected chi connectivity index (χ2v) is 10.7. The van der Waals surface area contributed by atoms with E-state index >= 15 is 0 Å². The van der Waals surface area contributed by atoms with Crippen LogP contribution in [0.1, 0.15) is 13.3 Å². The molecule has 0 unspecified atom stereocenters. The van der Waals surface area contributed by atoms with Gasteiger partial charge in [-0.1, -0.05) is 0 Å². The van der Waals surface area contributed by atoms with Crippen LogP contribution in [-0.2, 0) is 19.9 Å². The van der Waals surface area contributed by atoms with Gasteiger partial charge in [-0.25, -0.2) is 16.8 Å². The average Bonchev–Trinajstić information content (AvgIpc) is 2.96. The van der Waals surface area contributed by atoms with Gasteiger partial charge in [-0.2, -0.15) is 4.31 Å². The molecule has 9 heteroatoms. The second-order valence-electron chi connectivity index (χ2n) is 6.57. The lowest BCUT2D eigenvalue weighted by molar-refractivity contribution is -0.925. The minimum atomic E-state index is -3.52. The maximum Gasteiger partial charge on any atom is 0.243 e. The first-order valence-electron chi connectivity index (χ1n) is 8.60. The summed E-state index contributed by atoms with van der Waals surface area (Å²) in [5, 5.41) is 0. The Morgan fingerprint density at radius 3 is 2.36 bits per heavy atom. The molecule has 2 aliphatic heterocycles. The van der Waals surface area contributed by atoms with Crippen molar-refractivity contribution in [2.24, 2.45) is 0 Å². The number of piperazine rings is 1. The molecule has 1 atom stereocenters. The summed E-state index contributed by atoms with van der Waals surface area (Å²) in [6.07, 6.45) is 0.684. The summed E-state index contributed by atoms with van der Waals surface area (Å²) in [5.41, 5.74) is 0. The Balaban J connectivity index is 1.63. The van der Waals surface area contributed by atoms with Gasteiger partial charge in [-0.3, -0.25) is 0 Å². The standard InChI is InChI=1S/C16H24N2O5S2/c1-2-23-15-3-5-16(6-4-15)25(21,22)18-10-8-17(9-11-18)14-7-12-24(19,20)13-14/h3-6,14H,2,7-13H2,1H3/p+1/t14-/m0/s1. The molecular weight excluding hydrogens is 364 g/mol. The highest BCUT2D eigenvalue weighted by Gasteiger charge is 2.38. The van der Waals surface area contributed by atoms with E-state index < -0.39 is 19.9 Å². The highest BCUT2D eigenvalue weighted by atomic mass is 32.2. The summed E-state index contributed by atoms with van der Waals surface area (Å²) in [6.45, 7) is 4.55. The molecule has 0 amide bonds. The molecule has 1 aromatic rings. The van der Waals surface area contributed by atoms with Gasteiger partial charge in [0.25, 0.3) is 0 Å². The van der Waals surface area contributed by atoms with Gasteiger partial charge >= 0.3 is 0 Å². The highest BCUT2D eigenvalue weighted by molar-refractivity contribution is 7.91. The average molecular weight is 390 g/mol. The van der Waals surface area contributed by atoms with Crippen LogP contribution in [0.25, 0.3) is 0 Å². The van der Waals surface area contributed by atoms with Gasteiger partial charge in [-0.05, 0) is 31.2 Å². The third-order valence-corrected chi connectivity index (χ3v) is 8.63. The Kier molecular flexibility index (Phi) is 5.38. The smallest absolute Gasteiger partial charge is 0.243 e. The zero-order valence-electron chi connectivity index (χ0n) is 14.3. The molecule has 2 saturated heterocycles. The molecule has 0 aliphatic carbocycles. The maximum absolute atomic E-state index is 12.8. The predicted octanol–water partition coefficient (Wildman–Crippen LogP) is -0.838. The lowest BCUT2D eigenvalue weighted by Crippen LogP contribution is -3.18. The molecule has 0 aromatic heterocycles. The number of sulfone groups is 1. The van der Waals surface area contributed by atoms with Crippen molar-refractivity contribution in [1.29, 1.82) is 0 Å². The van der Waals surface area contributed by atoms with Crippen LogP contribution in [0.2, 0.25) is 0 Å². The molecule has 2 aliphatic rings. The van der Waals surface area contributed by atoms with Crippen molar-refractivity contribution in [3.8, 4) is 5.75 Å². The molecular formula is C16H25N2O5S2+. The van der Waals surface area contributed by atoms with E-state index in [1.165, 1.54) is 9.21 Å². The number of hydrogen-bond donors (Lipinski definition) is 1. The minimum absolute atomic E-state index is 0.111. The van der Waals surface area contributed by atoms with Gasteiger partial charge in [-0.15, -0.1) is 0 Å². The predicted molar refractivity (Wildman–Crippen MR) is 94.1 cm³/mol. The summed E-state index contributed by atoms with van der Waals surface area (Å²) < 4.78 is 55.6. The molecule has 1 N–H and O–H groups in total. The Morgan fingerprint density at radius 1 is 1.20 bits per heavy atom. The Hall–Kier alpha value is -1.16. The van der Waals surface area contributed by atoms with Crippen LogP contribution < -0.4 is 9.64 Å². The van der Waals surface area contributed by atoms with E-state index in [0.717, 1.165) is 0 Å². The van der Waals surface area contributed by atoms with Crippen LogP contribution in [0, 0.1) is 0 Å². The molecule has 0 bridgehead atoms. The van der Waals surface area contributed by atoms with E-state index in [4.69, 9.17) is 4.74 Å². The fourth-order valence-electron chi connectivity index (χ4n) is 3.56. The molecule has 1 aromatic carbocycles. The first kappa shape index (κ1) is 18.6. The van der Waals surface area contributed by atoms with Crippen LogP contribution in [-0.4, -0.2) is 71.5 Å². The van der Waals surface area contributed by atoms with E-state index in [2.05, 4.69) is 0 Å². The zero-order valence-corrected chi connectivity index (χ0v) is 16.0. The van der Waals surface area contributed by atoms with Gasteiger partial charge in [0.05, 0.1) is 43.4 Å². The largest absolute Gasteiger partial charge is 0.494 e. The van der Waals surface area contributed by atoms with E-state index in [0.29, 0.717) is 45.0 Å². The molecule has 0 radical (unpaired) electrons. The maximum atomic E-state index is 12.8. The fourth-order valence-corrected chi connectivity index (χ4v) is 6.83. The highest BCUT2D eigenvalue weighted by Crippen LogP contribution is 2.20. The molecule has 7 nitrogen and oxygen atoms in total. The molecule has 2 fully saturated rings. The quantitative estimate of drug-likeness (QED) is 0.710. The van der Waals surface area contributed by atoms with Crippen molar-refractivity contribution in [3.63, 3.8) is 0 Å². The van der Waals surface area contributed by atoms with Crippen LogP contribution in [0.4, 0.5) is 0 Å². The Bertz CT molecular complexity index is 797. The number of hydrogen-bond acceptors (Lipinski definition) is 5. The number of nitrogens with one attached hydrogen (secondary N) is 1. The number of nitrogens with zero attached hydrogens (tertiary/aromatic N) is 1. The van der Waals surface area contributed by atoms with Crippen LogP contribution in [0.15, 0.2) is 29.2 Å². The summed E-state index contributed by atoms with van der Waals surface area (Å²) in [5.74, 6) is 1.14. The van der Waals surface area contributed by atoms with Gasteiger partial charge in [0.2, 0.25) is 10.0 Å². The van der Waals surface area contributed by atoms with E-state index in [-0.39, 0.29) is 22.4 Å². The van der Waals surface area contributed by atoms with Crippen molar-refractivity contribution >= 4 is 19.9 Å². The van der Waals surface area contributed by atoms with Gasteiger partial charge in [0.15, 0.2) is 9.84 Å². The van der Waals surface area contributed by atoms with Gasteiger partial charge < -0.3 is 9.64 Å². The lowest BCUT2D eigenvalue weighted by atomic mass is 10.2. The first-order valence-corrected chi connectivity index (χ1v) is 11.9. The van der Waals surface area contributed by atoms with E-state index in [1.54, 1.807) is 24.3 Å². The number of quaternary nitrogens is 1. The van der Waals surface area contributed by atoms with Crippen molar-refractivity contribution < 1.29 is 26.5 Å². The fraction of sp³-hybridized carbons (Fsp3) is 0.625. The molecule has 0 saturated carbocycles. The van der Waals surface area contributed by atoms with Crippen LogP contribution >= 0.6 is 0 Å². The summed E-state index contributed by atoms with van der Waals surface area (Å²) in [6, 6.07) is 6.59. The van der Waals surface area contributed by atoms with Crippen molar-refractivity contribution in [1.82, 2.24) is 4.31 Å².